The Labute approximate surface area is 94.3 Å². The summed E-state index contributed by atoms with van der Waals surface area (Å²) in [5.41, 5.74) is 0.913. The summed E-state index contributed by atoms with van der Waals surface area (Å²) in [6, 6.07) is 4.37. The Morgan fingerprint density at radius 3 is 3.31 bits per heavy atom. The Kier molecular flexibility index (Phi) is 2.29. The third-order valence-corrected chi connectivity index (χ3v) is 3.13. The number of nitrogens with zero attached hydrogens (tertiary/aromatic N) is 2. The molecule has 2 aromatic heterocycles. The summed E-state index contributed by atoms with van der Waals surface area (Å²) in [6.07, 6.45) is 3.54. The van der Waals surface area contributed by atoms with Gasteiger partial charge in [-0.1, -0.05) is 0 Å². The molecule has 0 unspecified atom stereocenters. The Morgan fingerprint density at radius 1 is 1.50 bits per heavy atom. The minimum atomic E-state index is 0.474. The van der Waals surface area contributed by atoms with Crippen molar-refractivity contribution in [2.24, 2.45) is 0 Å². The van der Waals surface area contributed by atoms with E-state index in [1.54, 1.807) is 6.26 Å². The molecule has 0 radical (unpaired) electrons. The molecule has 4 nitrogen and oxygen atoms in total. The Morgan fingerprint density at radius 2 is 2.44 bits per heavy atom. The number of furan rings is 1. The first-order valence-electron chi connectivity index (χ1n) is 5.66. The van der Waals surface area contributed by atoms with Crippen molar-refractivity contribution in [3.05, 3.63) is 24.6 Å². The maximum atomic E-state index is 5.40. The monoisotopic (exact) mass is 217 g/mol. The average molecular weight is 217 g/mol. The lowest BCUT2D eigenvalue weighted by molar-refractivity contribution is 0.498. The number of hydrogen-bond donors (Lipinski definition) is 1. The largest absolute Gasteiger partial charge is 0.464 e. The molecule has 1 aliphatic rings. The van der Waals surface area contributed by atoms with Gasteiger partial charge in [-0.25, -0.2) is 4.98 Å². The van der Waals surface area contributed by atoms with Gasteiger partial charge in [-0.05, 0) is 19.1 Å². The second-order valence-corrected chi connectivity index (χ2v) is 4.21. The number of aromatic nitrogens is 1. The summed E-state index contributed by atoms with van der Waals surface area (Å²) < 4.78 is 5.40. The highest BCUT2D eigenvalue weighted by molar-refractivity contribution is 5.88. The average Bonchev–Trinajstić information content (AvgIpc) is 2.77. The van der Waals surface area contributed by atoms with Crippen LogP contribution in [-0.4, -0.2) is 30.7 Å². The van der Waals surface area contributed by atoms with Gasteiger partial charge in [-0.15, -0.1) is 0 Å². The summed E-state index contributed by atoms with van der Waals surface area (Å²) in [4.78, 5) is 6.83. The quantitative estimate of drug-likeness (QED) is 0.788. The van der Waals surface area contributed by atoms with E-state index in [1.807, 2.05) is 18.3 Å². The van der Waals surface area contributed by atoms with Crippen molar-refractivity contribution in [3.8, 4) is 0 Å². The zero-order chi connectivity index (χ0) is 11.0. The molecule has 2 aromatic rings. The van der Waals surface area contributed by atoms with Crippen molar-refractivity contribution >= 4 is 16.8 Å². The van der Waals surface area contributed by atoms with Gasteiger partial charge in [0, 0.05) is 31.9 Å². The molecule has 0 amide bonds. The number of fused-ring (bicyclic) bond motifs is 1. The Bertz CT molecular complexity index is 494. The van der Waals surface area contributed by atoms with Gasteiger partial charge in [0.15, 0.2) is 0 Å². The molecule has 3 heterocycles. The van der Waals surface area contributed by atoms with E-state index in [0.29, 0.717) is 6.04 Å². The van der Waals surface area contributed by atoms with Crippen LogP contribution in [0.25, 0.3) is 11.0 Å². The fraction of sp³-hybridized carbons (Fsp3) is 0.417. The van der Waals surface area contributed by atoms with Gasteiger partial charge in [0.25, 0.3) is 0 Å². The third-order valence-electron chi connectivity index (χ3n) is 3.13. The SMILES string of the molecule is C[C@H]1CNCCN1c1nccc2occc12. The highest BCUT2D eigenvalue weighted by atomic mass is 16.3. The lowest BCUT2D eigenvalue weighted by Gasteiger charge is -2.35. The molecule has 0 aliphatic carbocycles. The fourth-order valence-electron chi connectivity index (χ4n) is 2.26. The second kappa shape index (κ2) is 3.79. The van der Waals surface area contributed by atoms with Crippen LogP contribution < -0.4 is 10.2 Å². The molecule has 1 fully saturated rings. The lowest BCUT2D eigenvalue weighted by Crippen LogP contribution is -2.50. The van der Waals surface area contributed by atoms with Crippen LogP contribution in [0.15, 0.2) is 29.0 Å². The van der Waals surface area contributed by atoms with E-state index in [-0.39, 0.29) is 0 Å². The van der Waals surface area contributed by atoms with Crippen LogP contribution in [0, 0.1) is 0 Å². The van der Waals surface area contributed by atoms with Gasteiger partial charge in [-0.2, -0.15) is 0 Å². The first-order chi connectivity index (χ1) is 7.86. The van der Waals surface area contributed by atoms with Crippen molar-refractivity contribution in [1.29, 1.82) is 0 Å². The van der Waals surface area contributed by atoms with E-state index in [1.165, 1.54) is 0 Å². The molecule has 4 heteroatoms. The number of hydrogen-bond acceptors (Lipinski definition) is 4. The molecule has 1 saturated heterocycles. The van der Waals surface area contributed by atoms with Crippen molar-refractivity contribution in [2.75, 3.05) is 24.5 Å². The number of pyridine rings is 1. The van der Waals surface area contributed by atoms with Gasteiger partial charge in [-0.3, -0.25) is 0 Å². The number of piperazine rings is 1. The summed E-state index contributed by atoms with van der Waals surface area (Å²) >= 11 is 0. The molecule has 0 aromatic carbocycles. The molecule has 1 N–H and O–H groups in total. The topological polar surface area (TPSA) is 41.3 Å². The molecular weight excluding hydrogens is 202 g/mol. The van der Waals surface area contributed by atoms with Crippen LogP contribution in [0.4, 0.5) is 5.82 Å². The first-order valence-corrected chi connectivity index (χ1v) is 5.66. The summed E-state index contributed by atoms with van der Waals surface area (Å²) in [5.74, 6) is 1.04. The van der Waals surface area contributed by atoms with E-state index in [9.17, 15) is 0 Å². The predicted octanol–water partition coefficient (Wildman–Crippen LogP) is 1.63. The van der Waals surface area contributed by atoms with Crippen LogP contribution in [0.1, 0.15) is 6.92 Å². The smallest absolute Gasteiger partial charge is 0.140 e. The van der Waals surface area contributed by atoms with Crippen molar-refractivity contribution in [3.63, 3.8) is 0 Å². The molecule has 1 aliphatic heterocycles. The van der Waals surface area contributed by atoms with Crippen molar-refractivity contribution in [1.82, 2.24) is 10.3 Å². The molecule has 84 valence electrons. The van der Waals surface area contributed by atoms with Crippen LogP contribution in [0.3, 0.4) is 0 Å². The Hall–Kier alpha value is -1.55. The first kappa shape index (κ1) is 9.66. The van der Waals surface area contributed by atoms with E-state index in [4.69, 9.17) is 4.42 Å². The summed E-state index contributed by atoms with van der Waals surface area (Å²) in [6.45, 7) is 5.24. The van der Waals surface area contributed by atoms with E-state index < -0.39 is 0 Å². The van der Waals surface area contributed by atoms with E-state index in [2.05, 4.69) is 22.1 Å². The highest BCUT2D eigenvalue weighted by Gasteiger charge is 2.21. The van der Waals surface area contributed by atoms with Gasteiger partial charge in [0.05, 0.1) is 11.6 Å². The molecule has 0 spiro atoms. The van der Waals surface area contributed by atoms with Crippen molar-refractivity contribution < 1.29 is 4.42 Å². The van der Waals surface area contributed by atoms with Crippen LogP contribution >= 0.6 is 0 Å². The number of anilines is 1. The Balaban J connectivity index is 2.07. The van der Waals surface area contributed by atoms with Gasteiger partial charge < -0.3 is 14.6 Å². The van der Waals surface area contributed by atoms with Gasteiger partial charge in [0.2, 0.25) is 0 Å². The van der Waals surface area contributed by atoms with Gasteiger partial charge in [0.1, 0.15) is 11.4 Å². The van der Waals surface area contributed by atoms with Crippen molar-refractivity contribution in [2.45, 2.75) is 13.0 Å². The molecule has 0 bridgehead atoms. The van der Waals surface area contributed by atoms with Crippen LogP contribution in [0.2, 0.25) is 0 Å². The maximum Gasteiger partial charge on any atom is 0.140 e. The van der Waals surface area contributed by atoms with Gasteiger partial charge >= 0.3 is 0 Å². The molecular formula is C12H15N3O. The highest BCUT2D eigenvalue weighted by Crippen LogP contribution is 2.26. The minimum Gasteiger partial charge on any atom is -0.464 e. The second-order valence-electron chi connectivity index (χ2n) is 4.21. The number of nitrogens with one attached hydrogen (secondary N) is 1. The normalized spacial score (nSPS) is 21.6. The fourth-order valence-corrected chi connectivity index (χ4v) is 2.26. The summed E-state index contributed by atoms with van der Waals surface area (Å²) in [5, 5.41) is 4.49. The number of rotatable bonds is 1. The standard InChI is InChI=1S/C12H15N3O/c1-9-8-13-5-6-15(9)12-10-3-7-16-11(10)2-4-14-12/h2-4,7,9,13H,5-6,8H2,1H3/t9-/m0/s1. The van der Waals surface area contributed by atoms with E-state index >= 15 is 0 Å². The predicted molar refractivity (Wildman–Crippen MR) is 63.7 cm³/mol. The third kappa shape index (κ3) is 1.46. The molecule has 1 atom stereocenters. The lowest BCUT2D eigenvalue weighted by atomic mass is 10.2. The zero-order valence-electron chi connectivity index (χ0n) is 9.31. The van der Waals surface area contributed by atoms with E-state index in [0.717, 1.165) is 36.4 Å². The maximum absolute atomic E-state index is 5.40. The minimum absolute atomic E-state index is 0.474. The van der Waals surface area contributed by atoms with Crippen LogP contribution in [0.5, 0.6) is 0 Å². The molecule has 0 saturated carbocycles. The van der Waals surface area contributed by atoms with Crippen LogP contribution in [-0.2, 0) is 0 Å². The molecule has 3 rings (SSSR count). The molecule has 16 heavy (non-hydrogen) atoms. The zero-order valence-corrected chi connectivity index (χ0v) is 9.31. The summed E-state index contributed by atoms with van der Waals surface area (Å²) in [7, 11) is 0.